The molecule has 9 heteroatoms. The highest BCUT2D eigenvalue weighted by Crippen LogP contribution is 2.33. The number of amides is 2. The summed E-state index contributed by atoms with van der Waals surface area (Å²) in [5.74, 6) is 1.92. The second-order valence-electron chi connectivity index (χ2n) is 12.5. The molecule has 45 heavy (non-hydrogen) atoms. The summed E-state index contributed by atoms with van der Waals surface area (Å²) in [7, 11) is 2.15. The zero-order valence-electron chi connectivity index (χ0n) is 26.2. The third kappa shape index (κ3) is 7.60. The molecular weight excluding hydrogens is 582 g/mol. The van der Waals surface area contributed by atoms with Gasteiger partial charge in [0.1, 0.15) is 21.5 Å². The van der Waals surface area contributed by atoms with E-state index in [1.807, 2.05) is 53.4 Å². The van der Waals surface area contributed by atoms with E-state index >= 15 is 0 Å². The molecule has 2 atom stereocenters. The van der Waals surface area contributed by atoms with E-state index in [0.29, 0.717) is 41.9 Å². The van der Waals surface area contributed by atoms with Gasteiger partial charge < -0.3 is 19.9 Å². The molecule has 6 rings (SSSR count). The van der Waals surface area contributed by atoms with Gasteiger partial charge in [-0.3, -0.25) is 9.59 Å². The van der Waals surface area contributed by atoms with Gasteiger partial charge in [0.2, 0.25) is 5.91 Å². The predicted octanol–water partition coefficient (Wildman–Crippen LogP) is 6.54. The molecule has 0 spiro atoms. The molecule has 1 aromatic heterocycles. The van der Waals surface area contributed by atoms with Crippen molar-refractivity contribution in [2.45, 2.75) is 58.0 Å². The lowest BCUT2D eigenvalue weighted by Gasteiger charge is -2.37. The molecule has 2 aliphatic rings. The van der Waals surface area contributed by atoms with E-state index in [1.54, 1.807) is 11.3 Å². The fourth-order valence-corrected chi connectivity index (χ4v) is 7.01. The first-order valence-electron chi connectivity index (χ1n) is 15.9. The first-order chi connectivity index (χ1) is 21.8. The topological polar surface area (TPSA) is 87.7 Å². The molecule has 4 aromatic rings. The third-order valence-electron chi connectivity index (χ3n) is 8.72. The maximum Gasteiger partial charge on any atom is 0.251 e. The summed E-state index contributed by atoms with van der Waals surface area (Å²) in [5, 5.41) is 13.9. The Labute approximate surface area is 269 Å². The average Bonchev–Trinajstić information content (AvgIpc) is 3.70. The molecule has 3 aromatic carbocycles. The van der Waals surface area contributed by atoms with Crippen LogP contribution in [0.5, 0.6) is 11.5 Å². The lowest BCUT2D eigenvalue weighted by atomic mass is 9.86. The Morgan fingerprint density at radius 3 is 2.56 bits per heavy atom. The van der Waals surface area contributed by atoms with E-state index in [-0.39, 0.29) is 17.9 Å². The van der Waals surface area contributed by atoms with Gasteiger partial charge in [-0.15, -0.1) is 10.2 Å². The highest BCUT2D eigenvalue weighted by Gasteiger charge is 2.30. The van der Waals surface area contributed by atoms with Crippen molar-refractivity contribution in [3.63, 3.8) is 0 Å². The zero-order valence-corrected chi connectivity index (χ0v) is 27.1. The molecule has 234 valence electrons. The molecule has 0 saturated carbocycles. The molecule has 1 N–H and O–H groups in total. The standard InChI is InChI=1S/C36H41N5O3S/c1-24(2)35-38-39-36(45-35)26-13-15-30(16-14-26)44-32-21-27(11-12-28(32)23-41-18-7-10-33(41)42)34(43)37-31-17-19-40(3)22-29(31)20-25-8-5-4-6-9-25/h4-6,8-9,11-16,21,24,29,31H,7,10,17-20,22-23H2,1-3H3,(H,37,43). The Morgan fingerprint density at radius 1 is 1.04 bits per heavy atom. The Bertz CT molecular complexity index is 1620. The second kappa shape index (κ2) is 13.9. The summed E-state index contributed by atoms with van der Waals surface area (Å²) < 4.78 is 6.43. The van der Waals surface area contributed by atoms with E-state index in [9.17, 15) is 9.59 Å². The summed E-state index contributed by atoms with van der Waals surface area (Å²) in [6, 6.07) is 23.9. The number of carbonyl (C=O) groups excluding carboxylic acids is 2. The largest absolute Gasteiger partial charge is 0.457 e. The predicted molar refractivity (Wildman–Crippen MR) is 178 cm³/mol. The Hall–Kier alpha value is -4.08. The number of hydrogen-bond donors (Lipinski definition) is 1. The van der Waals surface area contributed by atoms with Crippen molar-refractivity contribution in [3.8, 4) is 22.1 Å². The number of ether oxygens (including phenoxy) is 1. The van der Waals surface area contributed by atoms with Gasteiger partial charge in [-0.2, -0.15) is 0 Å². The number of hydrogen-bond acceptors (Lipinski definition) is 7. The lowest BCUT2D eigenvalue weighted by Crippen LogP contribution is -2.50. The number of benzene rings is 3. The molecule has 2 unspecified atom stereocenters. The highest BCUT2D eigenvalue weighted by atomic mass is 32.1. The number of nitrogens with one attached hydrogen (secondary N) is 1. The van der Waals surface area contributed by atoms with Crippen LogP contribution in [-0.4, -0.2) is 64.5 Å². The van der Waals surface area contributed by atoms with Crippen molar-refractivity contribution in [3.05, 3.63) is 94.5 Å². The van der Waals surface area contributed by atoms with Crippen molar-refractivity contribution in [1.29, 1.82) is 0 Å². The SMILES string of the molecule is CC(C)c1nnc(-c2ccc(Oc3cc(C(=O)NC4CCN(C)CC4Cc4ccccc4)ccc3CN3CCCC3=O)cc2)s1. The molecule has 2 saturated heterocycles. The minimum absolute atomic E-state index is 0.0734. The summed E-state index contributed by atoms with van der Waals surface area (Å²) in [5.41, 5.74) is 3.68. The summed E-state index contributed by atoms with van der Waals surface area (Å²) >= 11 is 1.60. The monoisotopic (exact) mass is 623 g/mol. The smallest absolute Gasteiger partial charge is 0.251 e. The molecule has 0 bridgehead atoms. The minimum Gasteiger partial charge on any atom is -0.457 e. The van der Waals surface area contributed by atoms with Gasteiger partial charge in [-0.25, -0.2) is 0 Å². The fraction of sp³-hybridized carbons (Fsp3) is 0.389. The fourth-order valence-electron chi connectivity index (χ4n) is 6.15. The first kappa shape index (κ1) is 30.9. The molecule has 0 aliphatic carbocycles. The lowest BCUT2D eigenvalue weighted by molar-refractivity contribution is -0.128. The van der Waals surface area contributed by atoms with Crippen LogP contribution in [0.25, 0.3) is 10.6 Å². The van der Waals surface area contributed by atoms with Crippen molar-refractivity contribution in [1.82, 2.24) is 25.3 Å². The van der Waals surface area contributed by atoms with Crippen molar-refractivity contribution >= 4 is 23.2 Å². The van der Waals surface area contributed by atoms with Gasteiger partial charge in [0.05, 0.1) is 0 Å². The maximum absolute atomic E-state index is 13.7. The molecule has 8 nitrogen and oxygen atoms in total. The Kier molecular flexibility index (Phi) is 9.56. The van der Waals surface area contributed by atoms with Crippen LogP contribution in [0, 0.1) is 5.92 Å². The van der Waals surface area contributed by atoms with Crippen LogP contribution < -0.4 is 10.1 Å². The molecular formula is C36H41N5O3S. The van der Waals surface area contributed by atoms with Crippen LogP contribution in [0.2, 0.25) is 0 Å². The quantitative estimate of drug-likeness (QED) is 0.216. The van der Waals surface area contributed by atoms with Crippen LogP contribution in [0.15, 0.2) is 72.8 Å². The van der Waals surface area contributed by atoms with Crippen LogP contribution in [0.1, 0.15) is 65.5 Å². The van der Waals surface area contributed by atoms with Gasteiger partial charge in [-0.05, 0) is 80.7 Å². The molecule has 2 amide bonds. The van der Waals surface area contributed by atoms with Crippen molar-refractivity contribution in [2.24, 2.45) is 5.92 Å². The van der Waals surface area contributed by atoms with Gasteiger partial charge in [-0.1, -0.05) is 61.6 Å². The molecule has 0 radical (unpaired) electrons. The van der Waals surface area contributed by atoms with Crippen molar-refractivity contribution < 1.29 is 14.3 Å². The normalized spacial score (nSPS) is 18.8. The van der Waals surface area contributed by atoms with Crippen molar-refractivity contribution in [2.75, 3.05) is 26.7 Å². The van der Waals surface area contributed by atoms with E-state index in [4.69, 9.17) is 4.74 Å². The van der Waals surface area contributed by atoms with Crippen LogP contribution >= 0.6 is 11.3 Å². The highest BCUT2D eigenvalue weighted by molar-refractivity contribution is 7.14. The van der Waals surface area contributed by atoms with Crippen LogP contribution in [-0.2, 0) is 17.8 Å². The number of piperidine rings is 1. The average molecular weight is 624 g/mol. The van der Waals surface area contributed by atoms with E-state index in [0.717, 1.165) is 60.0 Å². The van der Waals surface area contributed by atoms with E-state index in [2.05, 4.69) is 65.6 Å². The number of likely N-dealkylation sites (tertiary alicyclic amines) is 2. The van der Waals surface area contributed by atoms with Crippen LogP contribution in [0.3, 0.4) is 0 Å². The summed E-state index contributed by atoms with van der Waals surface area (Å²) in [6.07, 6.45) is 3.25. The molecule has 3 heterocycles. The maximum atomic E-state index is 13.7. The molecule has 2 aliphatic heterocycles. The zero-order chi connectivity index (χ0) is 31.3. The van der Waals surface area contributed by atoms with E-state index < -0.39 is 0 Å². The number of carbonyl (C=O) groups is 2. The van der Waals surface area contributed by atoms with Gasteiger partial charge >= 0.3 is 0 Å². The Morgan fingerprint density at radius 2 is 1.84 bits per heavy atom. The summed E-state index contributed by atoms with van der Waals surface area (Å²) in [4.78, 5) is 30.4. The van der Waals surface area contributed by atoms with Gasteiger partial charge in [0, 0.05) is 54.7 Å². The van der Waals surface area contributed by atoms with Gasteiger partial charge in [0.25, 0.3) is 5.91 Å². The summed E-state index contributed by atoms with van der Waals surface area (Å²) in [6.45, 7) is 7.28. The Balaban J connectivity index is 1.21. The first-order valence-corrected chi connectivity index (χ1v) is 16.7. The van der Waals surface area contributed by atoms with Crippen LogP contribution in [0.4, 0.5) is 0 Å². The van der Waals surface area contributed by atoms with Gasteiger partial charge in [0.15, 0.2) is 0 Å². The number of rotatable bonds is 10. The number of nitrogens with zero attached hydrogens (tertiary/aromatic N) is 4. The van der Waals surface area contributed by atoms with E-state index in [1.165, 1.54) is 5.56 Å². The molecule has 2 fully saturated rings. The minimum atomic E-state index is -0.108. The number of aromatic nitrogens is 2. The second-order valence-corrected chi connectivity index (χ2v) is 13.6. The third-order valence-corrected chi connectivity index (χ3v) is 9.99.